The molecule has 0 saturated carbocycles. The van der Waals surface area contributed by atoms with Crippen molar-refractivity contribution in [3.63, 3.8) is 0 Å². The van der Waals surface area contributed by atoms with Crippen molar-refractivity contribution in [3.05, 3.63) is 23.8 Å². The van der Waals surface area contributed by atoms with Gasteiger partial charge >= 0.3 is 0 Å². The molecule has 0 spiro atoms. The Hall–Kier alpha value is -2.22. The fourth-order valence-corrected chi connectivity index (χ4v) is 1.70. The average Bonchev–Trinajstić information content (AvgIpc) is 2.44. The summed E-state index contributed by atoms with van der Waals surface area (Å²) in [4.78, 5) is 11.6. The van der Waals surface area contributed by atoms with Crippen LogP contribution in [0.25, 0.3) is 0 Å². The molecule has 0 radical (unpaired) electrons. The highest BCUT2D eigenvalue weighted by atomic mass is 16.5. The average molecular weight is 262 g/mol. The highest BCUT2D eigenvalue weighted by Gasteiger charge is 2.18. The summed E-state index contributed by atoms with van der Waals surface area (Å²) in [7, 11) is 3.07. The number of carbonyl (C=O) groups is 1. The number of amides is 1. The minimum atomic E-state index is -0.746. The first-order chi connectivity index (χ1) is 9.15. The van der Waals surface area contributed by atoms with Gasteiger partial charge in [-0.25, -0.2) is 0 Å². The van der Waals surface area contributed by atoms with Gasteiger partial charge in [0, 0.05) is 12.0 Å². The van der Waals surface area contributed by atoms with Gasteiger partial charge in [0.2, 0.25) is 5.91 Å². The van der Waals surface area contributed by atoms with Crippen LogP contribution in [-0.4, -0.2) is 20.1 Å². The fraction of sp³-hybridized carbons (Fsp3) is 0.429. The second-order valence-corrected chi connectivity index (χ2v) is 3.99. The van der Waals surface area contributed by atoms with Gasteiger partial charge in [-0.15, -0.1) is 0 Å². The van der Waals surface area contributed by atoms with E-state index in [-0.39, 0.29) is 5.91 Å². The molecule has 1 amide bonds. The Bertz CT molecular complexity index is 480. The number of carbonyl (C=O) groups excluding carboxylic acids is 1. The van der Waals surface area contributed by atoms with Crippen molar-refractivity contribution >= 4 is 5.91 Å². The third-order valence-electron chi connectivity index (χ3n) is 2.66. The lowest BCUT2D eigenvalue weighted by molar-refractivity contribution is -0.121. The van der Waals surface area contributed by atoms with Gasteiger partial charge < -0.3 is 14.8 Å². The molecule has 0 saturated heterocycles. The number of ether oxygens (including phenoxy) is 2. The molecule has 0 aliphatic heterocycles. The van der Waals surface area contributed by atoms with Crippen LogP contribution in [0.2, 0.25) is 0 Å². The van der Waals surface area contributed by atoms with E-state index in [1.165, 1.54) is 7.11 Å². The maximum Gasteiger partial charge on any atom is 0.221 e. The topological polar surface area (TPSA) is 71.4 Å². The number of rotatable bonds is 6. The SMILES string of the molecule is CCCC(=O)NC(C#N)c1cc(OC)ccc1OC. The molecule has 1 aromatic carbocycles. The summed E-state index contributed by atoms with van der Waals surface area (Å²) < 4.78 is 10.3. The van der Waals surface area contributed by atoms with Crippen LogP contribution >= 0.6 is 0 Å². The molecule has 1 aromatic rings. The third kappa shape index (κ3) is 3.88. The normalized spacial score (nSPS) is 11.3. The smallest absolute Gasteiger partial charge is 0.221 e. The molecule has 1 atom stereocenters. The van der Waals surface area contributed by atoms with Crippen LogP contribution in [0, 0.1) is 11.3 Å². The van der Waals surface area contributed by atoms with Crippen LogP contribution in [0.4, 0.5) is 0 Å². The van der Waals surface area contributed by atoms with E-state index < -0.39 is 6.04 Å². The molecule has 1 rings (SSSR count). The number of hydrogen-bond acceptors (Lipinski definition) is 4. The lowest BCUT2D eigenvalue weighted by Crippen LogP contribution is -2.27. The summed E-state index contributed by atoms with van der Waals surface area (Å²) in [5.41, 5.74) is 0.591. The van der Waals surface area contributed by atoms with Crippen molar-refractivity contribution in [2.24, 2.45) is 0 Å². The zero-order chi connectivity index (χ0) is 14.3. The van der Waals surface area contributed by atoms with Crippen LogP contribution in [0.5, 0.6) is 11.5 Å². The zero-order valence-corrected chi connectivity index (χ0v) is 11.4. The lowest BCUT2D eigenvalue weighted by Gasteiger charge is -2.16. The second-order valence-electron chi connectivity index (χ2n) is 3.99. The third-order valence-corrected chi connectivity index (χ3v) is 2.66. The van der Waals surface area contributed by atoms with E-state index in [1.807, 2.05) is 6.92 Å². The van der Waals surface area contributed by atoms with Gasteiger partial charge in [0.25, 0.3) is 0 Å². The predicted molar refractivity (Wildman–Crippen MR) is 71.0 cm³/mol. The van der Waals surface area contributed by atoms with Gasteiger partial charge in [0.1, 0.15) is 17.5 Å². The van der Waals surface area contributed by atoms with E-state index >= 15 is 0 Å². The predicted octanol–water partition coefficient (Wildman–Crippen LogP) is 2.18. The van der Waals surface area contributed by atoms with Crippen LogP contribution in [0.1, 0.15) is 31.4 Å². The molecular weight excluding hydrogens is 244 g/mol. The van der Waals surface area contributed by atoms with E-state index in [2.05, 4.69) is 11.4 Å². The molecule has 0 bridgehead atoms. The summed E-state index contributed by atoms with van der Waals surface area (Å²) in [6, 6.07) is 6.47. The number of benzene rings is 1. The van der Waals surface area contributed by atoms with Crippen LogP contribution in [-0.2, 0) is 4.79 Å². The molecule has 5 nitrogen and oxygen atoms in total. The van der Waals surface area contributed by atoms with E-state index in [9.17, 15) is 10.1 Å². The number of nitriles is 1. The molecule has 102 valence electrons. The van der Waals surface area contributed by atoms with Crippen molar-refractivity contribution in [2.75, 3.05) is 14.2 Å². The summed E-state index contributed by atoms with van der Waals surface area (Å²) in [5.74, 6) is 1.00. The Morgan fingerprint density at radius 3 is 2.68 bits per heavy atom. The summed E-state index contributed by atoms with van der Waals surface area (Å²) in [6.07, 6.45) is 1.13. The maximum absolute atomic E-state index is 11.6. The van der Waals surface area contributed by atoms with Gasteiger partial charge in [0.05, 0.1) is 20.3 Å². The van der Waals surface area contributed by atoms with Gasteiger partial charge in [-0.3, -0.25) is 4.79 Å². The van der Waals surface area contributed by atoms with Crippen molar-refractivity contribution in [1.82, 2.24) is 5.32 Å². The minimum absolute atomic E-state index is 0.154. The van der Waals surface area contributed by atoms with Crippen molar-refractivity contribution < 1.29 is 14.3 Å². The lowest BCUT2D eigenvalue weighted by atomic mass is 10.1. The first-order valence-corrected chi connectivity index (χ1v) is 6.07. The summed E-state index contributed by atoms with van der Waals surface area (Å²) in [5, 5.41) is 11.9. The molecule has 1 N–H and O–H groups in total. The first-order valence-electron chi connectivity index (χ1n) is 6.07. The van der Waals surface area contributed by atoms with Gasteiger partial charge in [-0.1, -0.05) is 6.92 Å². The van der Waals surface area contributed by atoms with E-state index in [0.717, 1.165) is 6.42 Å². The minimum Gasteiger partial charge on any atom is -0.497 e. The van der Waals surface area contributed by atoms with Gasteiger partial charge in [0.15, 0.2) is 0 Å². The van der Waals surface area contributed by atoms with Gasteiger partial charge in [-0.05, 0) is 24.6 Å². The van der Waals surface area contributed by atoms with Crippen molar-refractivity contribution in [3.8, 4) is 17.6 Å². The first kappa shape index (κ1) is 14.8. The molecular formula is C14H18N2O3. The number of methoxy groups -OCH3 is 2. The van der Waals surface area contributed by atoms with Crippen molar-refractivity contribution in [2.45, 2.75) is 25.8 Å². The summed E-state index contributed by atoms with van der Waals surface area (Å²) >= 11 is 0. The summed E-state index contributed by atoms with van der Waals surface area (Å²) in [6.45, 7) is 1.91. The van der Waals surface area contributed by atoms with Crippen LogP contribution in [0.3, 0.4) is 0 Å². The number of hydrogen-bond donors (Lipinski definition) is 1. The largest absolute Gasteiger partial charge is 0.497 e. The molecule has 5 heteroatoms. The standard InChI is InChI=1S/C14H18N2O3/c1-4-5-14(17)16-12(9-15)11-8-10(18-2)6-7-13(11)19-3/h6-8,12H,4-5H2,1-3H3,(H,16,17). The number of nitrogens with one attached hydrogen (secondary N) is 1. The maximum atomic E-state index is 11.6. The zero-order valence-electron chi connectivity index (χ0n) is 11.4. The van der Waals surface area contributed by atoms with E-state index in [4.69, 9.17) is 9.47 Å². The second kappa shape index (κ2) is 7.27. The monoisotopic (exact) mass is 262 g/mol. The Balaban J connectivity index is 3.02. The van der Waals surface area contributed by atoms with Crippen LogP contribution in [0.15, 0.2) is 18.2 Å². The Labute approximate surface area is 113 Å². The van der Waals surface area contributed by atoms with Crippen molar-refractivity contribution in [1.29, 1.82) is 5.26 Å². The Morgan fingerprint density at radius 2 is 2.16 bits per heavy atom. The highest BCUT2D eigenvalue weighted by Crippen LogP contribution is 2.29. The molecule has 0 fully saturated rings. The molecule has 1 unspecified atom stereocenters. The molecule has 0 aliphatic rings. The van der Waals surface area contributed by atoms with Crippen LogP contribution < -0.4 is 14.8 Å². The number of nitrogens with zero attached hydrogens (tertiary/aromatic N) is 1. The molecule has 0 heterocycles. The Morgan fingerprint density at radius 1 is 1.42 bits per heavy atom. The van der Waals surface area contributed by atoms with E-state index in [0.29, 0.717) is 23.5 Å². The Kier molecular flexibility index (Phi) is 5.68. The fourth-order valence-electron chi connectivity index (χ4n) is 1.70. The molecule has 19 heavy (non-hydrogen) atoms. The quantitative estimate of drug-likeness (QED) is 0.853. The molecule has 0 aliphatic carbocycles. The highest BCUT2D eigenvalue weighted by molar-refractivity contribution is 5.77. The molecule has 0 aromatic heterocycles. The van der Waals surface area contributed by atoms with Gasteiger partial charge in [-0.2, -0.15) is 5.26 Å². The van der Waals surface area contributed by atoms with E-state index in [1.54, 1.807) is 25.3 Å².